The molecule has 1 aliphatic rings. The molecule has 96 valence electrons. The van der Waals surface area contributed by atoms with Crippen molar-refractivity contribution in [2.75, 3.05) is 19.7 Å². The molecule has 0 amide bonds. The van der Waals surface area contributed by atoms with E-state index in [-0.39, 0.29) is 12.1 Å². The molecule has 2 heterocycles. The zero-order valence-electron chi connectivity index (χ0n) is 10.7. The summed E-state index contributed by atoms with van der Waals surface area (Å²) in [7, 11) is 0. The van der Waals surface area contributed by atoms with Gasteiger partial charge in [-0.1, -0.05) is 0 Å². The van der Waals surface area contributed by atoms with Crippen LogP contribution in [-0.2, 0) is 4.74 Å². The number of aromatic nitrogens is 1. The Hall–Kier alpha value is -0.490. The fourth-order valence-corrected chi connectivity index (χ4v) is 2.86. The summed E-state index contributed by atoms with van der Waals surface area (Å²) in [5.74, 6) is 0. The first-order chi connectivity index (χ1) is 8.08. The van der Waals surface area contributed by atoms with Gasteiger partial charge in [-0.05, 0) is 20.8 Å². The summed E-state index contributed by atoms with van der Waals surface area (Å²) < 4.78 is 5.80. The molecule has 0 aromatic carbocycles. The molecule has 0 saturated carbocycles. The van der Waals surface area contributed by atoms with Gasteiger partial charge in [-0.3, -0.25) is 4.90 Å². The number of morpholine rings is 1. The van der Waals surface area contributed by atoms with Crippen LogP contribution in [0.4, 0.5) is 0 Å². The first kappa shape index (κ1) is 13.0. The zero-order chi connectivity index (χ0) is 12.4. The molecule has 2 unspecified atom stereocenters. The molecule has 1 saturated heterocycles. The third kappa shape index (κ3) is 3.04. The number of hydrogen-bond donors (Lipinski definition) is 1. The second-order valence-electron chi connectivity index (χ2n) is 4.84. The van der Waals surface area contributed by atoms with Crippen molar-refractivity contribution in [3.63, 3.8) is 0 Å². The summed E-state index contributed by atoms with van der Waals surface area (Å²) in [6.07, 6.45) is 1.99. The molecule has 5 heteroatoms. The topological polar surface area (TPSA) is 51.4 Å². The molecule has 2 atom stereocenters. The average Bonchev–Trinajstić information content (AvgIpc) is 2.78. The second-order valence-corrected chi connectivity index (χ2v) is 5.93. The van der Waals surface area contributed by atoms with Gasteiger partial charge < -0.3 is 10.5 Å². The molecule has 0 bridgehead atoms. The average molecular weight is 255 g/mol. The predicted molar refractivity (Wildman–Crippen MR) is 70.1 cm³/mol. The van der Waals surface area contributed by atoms with E-state index in [4.69, 9.17) is 10.5 Å². The molecule has 0 aliphatic carbocycles. The first-order valence-electron chi connectivity index (χ1n) is 6.14. The molecule has 0 radical (unpaired) electrons. The van der Waals surface area contributed by atoms with Crippen molar-refractivity contribution in [1.82, 2.24) is 9.88 Å². The normalized spacial score (nSPS) is 24.2. The Balaban J connectivity index is 2.05. The van der Waals surface area contributed by atoms with Gasteiger partial charge in [0.2, 0.25) is 0 Å². The van der Waals surface area contributed by atoms with Gasteiger partial charge in [-0.2, -0.15) is 0 Å². The summed E-state index contributed by atoms with van der Waals surface area (Å²) in [4.78, 5) is 8.00. The standard InChI is InChI=1S/C12H21N3OS/c1-8(2)15-4-5-16-10(7-15)12-14-6-11(17-12)9(3)13/h6,8-10H,4-5,7,13H2,1-3H3. The molecule has 17 heavy (non-hydrogen) atoms. The number of rotatable bonds is 3. The van der Waals surface area contributed by atoms with Gasteiger partial charge in [0.05, 0.1) is 6.61 Å². The van der Waals surface area contributed by atoms with Crippen molar-refractivity contribution in [2.45, 2.75) is 39.0 Å². The minimum Gasteiger partial charge on any atom is -0.368 e. The van der Waals surface area contributed by atoms with E-state index in [9.17, 15) is 0 Å². The summed E-state index contributed by atoms with van der Waals surface area (Å²) in [5.41, 5.74) is 5.85. The lowest BCUT2D eigenvalue weighted by Gasteiger charge is -2.34. The number of thiazole rings is 1. The highest BCUT2D eigenvalue weighted by Gasteiger charge is 2.25. The van der Waals surface area contributed by atoms with Gasteiger partial charge in [0.15, 0.2) is 0 Å². The van der Waals surface area contributed by atoms with Gasteiger partial charge in [0.1, 0.15) is 11.1 Å². The third-order valence-electron chi connectivity index (χ3n) is 3.09. The highest BCUT2D eigenvalue weighted by molar-refractivity contribution is 7.11. The molecule has 2 N–H and O–H groups in total. The second kappa shape index (κ2) is 5.44. The van der Waals surface area contributed by atoms with Crippen LogP contribution in [0.5, 0.6) is 0 Å². The van der Waals surface area contributed by atoms with E-state index in [1.165, 1.54) is 0 Å². The van der Waals surface area contributed by atoms with Crippen molar-refractivity contribution >= 4 is 11.3 Å². The molecule has 0 spiro atoms. The quantitative estimate of drug-likeness (QED) is 0.897. The summed E-state index contributed by atoms with van der Waals surface area (Å²) >= 11 is 1.67. The van der Waals surface area contributed by atoms with Gasteiger partial charge in [-0.15, -0.1) is 11.3 Å². The van der Waals surface area contributed by atoms with Crippen LogP contribution in [0, 0.1) is 0 Å². The van der Waals surface area contributed by atoms with Crippen molar-refractivity contribution in [1.29, 1.82) is 0 Å². The summed E-state index contributed by atoms with van der Waals surface area (Å²) in [6, 6.07) is 0.625. The van der Waals surface area contributed by atoms with Gasteiger partial charge in [0.25, 0.3) is 0 Å². The molecule has 1 aromatic rings. The van der Waals surface area contributed by atoms with E-state index < -0.39 is 0 Å². The van der Waals surface area contributed by atoms with Gasteiger partial charge in [-0.25, -0.2) is 4.98 Å². The number of hydrogen-bond acceptors (Lipinski definition) is 5. The molecule has 4 nitrogen and oxygen atoms in total. The van der Waals surface area contributed by atoms with E-state index in [1.54, 1.807) is 11.3 Å². The highest BCUT2D eigenvalue weighted by atomic mass is 32.1. The Morgan fingerprint density at radius 1 is 1.53 bits per heavy atom. The maximum absolute atomic E-state index is 5.85. The van der Waals surface area contributed by atoms with Crippen LogP contribution in [0.2, 0.25) is 0 Å². The lowest BCUT2D eigenvalue weighted by Crippen LogP contribution is -2.42. The predicted octanol–water partition coefficient (Wildman–Crippen LogP) is 1.94. The van der Waals surface area contributed by atoms with Gasteiger partial charge in [0, 0.05) is 36.2 Å². The SMILES string of the molecule is CC(N)c1cnc(C2CN(C(C)C)CCO2)s1. The van der Waals surface area contributed by atoms with E-state index in [0.717, 1.165) is 29.6 Å². The van der Waals surface area contributed by atoms with Crippen molar-refractivity contribution in [3.8, 4) is 0 Å². The Morgan fingerprint density at radius 3 is 2.88 bits per heavy atom. The Morgan fingerprint density at radius 2 is 2.29 bits per heavy atom. The third-order valence-corrected chi connectivity index (χ3v) is 4.38. The maximum Gasteiger partial charge on any atom is 0.123 e. The molecule has 1 fully saturated rings. The van der Waals surface area contributed by atoms with E-state index in [1.807, 2.05) is 13.1 Å². The van der Waals surface area contributed by atoms with E-state index >= 15 is 0 Å². The van der Waals surface area contributed by atoms with Crippen LogP contribution in [0.25, 0.3) is 0 Å². The largest absolute Gasteiger partial charge is 0.368 e. The van der Waals surface area contributed by atoms with E-state index in [2.05, 4.69) is 23.7 Å². The maximum atomic E-state index is 5.85. The van der Waals surface area contributed by atoms with Crippen molar-refractivity contribution in [3.05, 3.63) is 16.1 Å². The first-order valence-corrected chi connectivity index (χ1v) is 6.96. The van der Waals surface area contributed by atoms with Crippen LogP contribution in [0.1, 0.15) is 42.8 Å². The number of nitrogens with two attached hydrogens (primary N) is 1. The highest BCUT2D eigenvalue weighted by Crippen LogP contribution is 2.28. The fourth-order valence-electron chi connectivity index (χ4n) is 1.95. The monoisotopic (exact) mass is 255 g/mol. The minimum absolute atomic E-state index is 0.0612. The Labute approximate surface area is 107 Å². The Bertz CT molecular complexity index is 364. The molecule has 1 aromatic heterocycles. The smallest absolute Gasteiger partial charge is 0.123 e. The van der Waals surface area contributed by atoms with Gasteiger partial charge >= 0.3 is 0 Å². The molecule has 2 rings (SSSR count). The minimum atomic E-state index is 0.0612. The van der Waals surface area contributed by atoms with Crippen LogP contribution >= 0.6 is 11.3 Å². The number of ether oxygens (including phenoxy) is 1. The Kier molecular flexibility index (Phi) is 4.14. The molecular weight excluding hydrogens is 234 g/mol. The molecule has 1 aliphatic heterocycles. The van der Waals surface area contributed by atoms with Crippen LogP contribution < -0.4 is 5.73 Å². The van der Waals surface area contributed by atoms with Crippen molar-refractivity contribution in [2.24, 2.45) is 5.73 Å². The van der Waals surface area contributed by atoms with E-state index in [0.29, 0.717) is 6.04 Å². The van der Waals surface area contributed by atoms with Crippen molar-refractivity contribution < 1.29 is 4.74 Å². The summed E-state index contributed by atoms with van der Waals surface area (Å²) in [5, 5.41) is 1.06. The lowest BCUT2D eigenvalue weighted by atomic mass is 10.2. The fraction of sp³-hybridized carbons (Fsp3) is 0.750. The number of nitrogens with zero attached hydrogens (tertiary/aromatic N) is 2. The van der Waals surface area contributed by atoms with Crippen LogP contribution in [0.15, 0.2) is 6.20 Å². The van der Waals surface area contributed by atoms with Crippen LogP contribution in [0.3, 0.4) is 0 Å². The van der Waals surface area contributed by atoms with Crippen LogP contribution in [-0.4, -0.2) is 35.6 Å². The lowest BCUT2D eigenvalue weighted by molar-refractivity contribution is -0.0402. The molecular formula is C12H21N3OS. The zero-order valence-corrected chi connectivity index (χ0v) is 11.5. The summed E-state index contributed by atoms with van der Waals surface area (Å²) in [6.45, 7) is 9.16.